The Balaban J connectivity index is 2.37. The number of hydrogen-bond acceptors (Lipinski definition) is 4. The van der Waals surface area contributed by atoms with Crippen LogP contribution in [0, 0.1) is 0 Å². The van der Waals surface area contributed by atoms with Crippen LogP contribution in [0.15, 0.2) is 42.6 Å². The minimum Gasteiger partial charge on any atom is -0.354 e. The zero-order chi connectivity index (χ0) is 14.4. The number of hydrogen-bond donors (Lipinski definition) is 1. The molecule has 0 aliphatic heterocycles. The smallest absolute Gasteiger partial charge is 0.177 e. The maximum absolute atomic E-state index is 5.40. The van der Waals surface area contributed by atoms with Crippen LogP contribution in [-0.2, 0) is 9.47 Å². The largest absolute Gasteiger partial charge is 0.354 e. The molecule has 0 saturated heterocycles. The number of methoxy groups -OCH3 is 2. The average Bonchev–Trinajstić information content (AvgIpc) is 2.97. The summed E-state index contributed by atoms with van der Waals surface area (Å²) in [6.45, 7) is 2.87. The molecule has 108 valence electrons. The molecule has 0 aliphatic rings. The van der Waals surface area contributed by atoms with Crippen LogP contribution in [0.3, 0.4) is 0 Å². The van der Waals surface area contributed by atoms with Crippen molar-refractivity contribution in [2.75, 3.05) is 20.8 Å². The van der Waals surface area contributed by atoms with Gasteiger partial charge in [-0.3, -0.25) is 0 Å². The predicted octanol–water partition coefficient (Wildman–Crippen LogP) is 2.14. The van der Waals surface area contributed by atoms with Gasteiger partial charge in [-0.1, -0.05) is 25.1 Å². The Kier molecular flexibility index (Phi) is 5.29. The summed E-state index contributed by atoms with van der Waals surface area (Å²) in [6.07, 6.45) is 1.42. The fourth-order valence-electron chi connectivity index (χ4n) is 2.26. The second-order valence-electron chi connectivity index (χ2n) is 4.38. The minimum absolute atomic E-state index is 0.0855. The molecule has 1 unspecified atom stereocenters. The van der Waals surface area contributed by atoms with E-state index in [0.29, 0.717) is 0 Å². The summed E-state index contributed by atoms with van der Waals surface area (Å²) in [4.78, 5) is 0. The molecule has 5 nitrogen and oxygen atoms in total. The maximum atomic E-state index is 5.40. The first-order valence-electron chi connectivity index (χ1n) is 6.70. The highest BCUT2D eigenvalue weighted by atomic mass is 16.7. The van der Waals surface area contributed by atoms with Crippen LogP contribution in [0.2, 0.25) is 0 Å². The number of likely N-dealkylation sites (N-methyl/N-ethyl adjacent to an activating group) is 1. The Morgan fingerprint density at radius 3 is 2.45 bits per heavy atom. The lowest BCUT2D eigenvalue weighted by atomic mass is 10.2. The van der Waals surface area contributed by atoms with Gasteiger partial charge < -0.3 is 14.8 Å². The first-order valence-corrected chi connectivity index (χ1v) is 6.70. The fourth-order valence-corrected chi connectivity index (χ4v) is 2.26. The van der Waals surface area contributed by atoms with E-state index in [9.17, 15) is 0 Å². The fraction of sp³-hybridized carbons (Fsp3) is 0.400. The molecule has 2 rings (SSSR count). The van der Waals surface area contributed by atoms with Crippen LogP contribution < -0.4 is 5.32 Å². The number of rotatable bonds is 7. The first-order chi connectivity index (χ1) is 9.81. The van der Waals surface area contributed by atoms with Crippen molar-refractivity contribution in [2.45, 2.75) is 19.3 Å². The average molecular weight is 275 g/mol. The summed E-state index contributed by atoms with van der Waals surface area (Å²) in [5, 5.41) is 7.79. The summed E-state index contributed by atoms with van der Waals surface area (Å²) < 4.78 is 12.7. The lowest BCUT2D eigenvalue weighted by Crippen LogP contribution is -2.35. The van der Waals surface area contributed by atoms with E-state index in [4.69, 9.17) is 9.47 Å². The second-order valence-corrected chi connectivity index (χ2v) is 4.38. The molecule has 0 spiro atoms. The minimum atomic E-state index is -0.367. The van der Waals surface area contributed by atoms with Crippen LogP contribution in [0.5, 0.6) is 0 Å². The third-order valence-corrected chi connectivity index (χ3v) is 3.15. The third-order valence-electron chi connectivity index (χ3n) is 3.15. The zero-order valence-corrected chi connectivity index (χ0v) is 12.1. The molecular weight excluding hydrogens is 254 g/mol. The Morgan fingerprint density at radius 1 is 1.15 bits per heavy atom. The molecule has 0 amide bonds. The van der Waals surface area contributed by atoms with Gasteiger partial charge in [0.1, 0.15) is 6.04 Å². The van der Waals surface area contributed by atoms with Crippen molar-refractivity contribution in [3.8, 4) is 5.69 Å². The third kappa shape index (κ3) is 3.07. The van der Waals surface area contributed by atoms with E-state index in [0.717, 1.165) is 17.9 Å². The molecule has 0 fully saturated rings. The van der Waals surface area contributed by atoms with E-state index in [1.165, 1.54) is 0 Å². The summed E-state index contributed by atoms with van der Waals surface area (Å²) in [5.74, 6) is 0. The molecule has 0 radical (unpaired) electrons. The van der Waals surface area contributed by atoms with Crippen LogP contribution in [0.25, 0.3) is 5.69 Å². The molecule has 1 atom stereocenters. The first kappa shape index (κ1) is 14.7. The van der Waals surface area contributed by atoms with E-state index >= 15 is 0 Å². The zero-order valence-electron chi connectivity index (χ0n) is 12.1. The quantitative estimate of drug-likeness (QED) is 0.787. The van der Waals surface area contributed by atoms with E-state index in [2.05, 4.69) is 17.3 Å². The van der Waals surface area contributed by atoms with Gasteiger partial charge in [0.05, 0.1) is 11.4 Å². The molecule has 5 heteroatoms. The van der Waals surface area contributed by atoms with Crippen molar-refractivity contribution in [3.05, 3.63) is 48.3 Å². The molecule has 1 aromatic carbocycles. The Bertz CT molecular complexity index is 509. The van der Waals surface area contributed by atoms with E-state index in [1.807, 2.05) is 41.1 Å². The molecule has 0 aliphatic carbocycles. The maximum Gasteiger partial charge on any atom is 0.177 e. The molecular formula is C15H21N3O2. The highest BCUT2D eigenvalue weighted by Gasteiger charge is 2.25. The molecule has 0 saturated carbocycles. The van der Waals surface area contributed by atoms with Gasteiger partial charge in [-0.15, -0.1) is 0 Å². The molecule has 20 heavy (non-hydrogen) atoms. The highest BCUT2D eigenvalue weighted by molar-refractivity contribution is 5.33. The summed E-state index contributed by atoms with van der Waals surface area (Å²) in [5.41, 5.74) is 2.02. The second kappa shape index (κ2) is 7.19. The molecule has 1 heterocycles. The standard InChI is InChI=1S/C15H21N3O2/c1-4-16-14(15(19-2)20-3)13-10-11-17-18(13)12-8-6-5-7-9-12/h5-11,14-16H,4H2,1-3H3. The van der Waals surface area contributed by atoms with Crippen LogP contribution in [-0.4, -0.2) is 36.8 Å². The topological polar surface area (TPSA) is 48.3 Å². The normalized spacial score (nSPS) is 12.8. The van der Waals surface area contributed by atoms with Crippen molar-refractivity contribution in [1.82, 2.24) is 15.1 Å². The van der Waals surface area contributed by atoms with Gasteiger partial charge in [0.25, 0.3) is 0 Å². The molecule has 1 aromatic heterocycles. The molecule has 1 N–H and O–H groups in total. The van der Waals surface area contributed by atoms with Crippen LogP contribution in [0.4, 0.5) is 0 Å². The van der Waals surface area contributed by atoms with Crippen molar-refractivity contribution in [1.29, 1.82) is 0 Å². The number of para-hydroxylation sites is 1. The van der Waals surface area contributed by atoms with E-state index < -0.39 is 0 Å². The van der Waals surface area contributed by atoms with Gasteiger partial charge in [0, 0.05) is 20.4 Å². The number of aromatic nitrogens is 2. The lowest BCUT2D eigenvalue weighted by Gasteiger charge is -2.26. The SMILES string of the molecule is CCNC(c1ccnn1-c1ccccc1)C(OC)OC. The number of nitrogens with zero attached hydrogens (tertiary/aromatic N) is 2. The van der Waals surface area contributed by atoms with E-state index in [1.54, 1.807) is 20.4 Å². The summed E-state index contributed by atoms with van der Waals surface area (Å²) in [7, 11) is 3.28. The van der Waals surface area contributed by atoms with Gasteiger partial charge in [0.2, 0.25) is 0 Å². The molecule has 0 bridgehead atoms. The van der Waals surface area contributed by atoms with Gasteiger partial charge >= 0.3 is 0 Å². The molecule has 2 aromatic rings. The highest BCUT2D eigenvalue weighted by Crippen LogP contribution is 2.22. The summed E-state index contributed by atoms with van der Waals surface area (Å²) in [6, 6.07) is 11.9. The van der Waals surface area contributed by atoms with Crippen molar-refractivity contribution in [3.63, 3.8) is 0 Å². The van der Waals surface area contributed by atoms with Gasteiger partial charge in [-0.05, 0) is 24.7 Å². The van der Waals surface area contributed by atoms with Crippen LogP contribution in [0.1, 0.15) is 18.7 Å². The number of benzene rings is 1. The van der Waals surface area contributed by atoms with Gasteiger partial charge in [0.15, 0.2) is 6.29 Å². The monoisotopic (exact) mass is 275 g/mol. The van der Waals surface area contributed by atoms with Crippen LogP contribution >= 0.6 is 0 Å². The number of nitrogens with one attached hydrogen (secondary N) is 1. The number of ether oxygens (including phenoxy) is 2. The van der Waals surface area contributed by atoms with Crippen molar-refractivity contribution in [2.24, 2.45) is 0 Å². The Hall–Kier alpha value is -1.69. The van der Waals surface area contributed by atoms with Gasteiger partial charge in [-0.2, -0.15) is 5.10 Å². The predicted molar refractivity (Wildman–Crippen MR) is 77.8 cm³/mol. The van der Waals surface area contributed by atoms with Gasteiger partial charge in [-0.25, -0.2) is 4.68 Å². The van der Waals surface area contributed by atoms with E-state index in [-0.39, 0.29) is 12.3 Å². The Morgan fingerprint density at radius 2 is 1.85 bits per heavy atom. The Labute approximate surface area is 119 Å². The lowest BCUT2D eigenvalue weighted by molar-refractivity contribution is -0.125. The van der Waals surface area contributed by atoms with Crippen molar-refractivity contribution < 1.29 is 9.47 Å². The van der Waals surface area contributed by atoms with Crippen molar-refractivity contribution >= 4 is 0 Å². The summed E-state index contributed by atoms with van der Waals surface area (Å²) >= 11 is 0.